The van der Waals surface area contributed by atoms with Crippen molar-refractivity contribution in [3.05, 3.63) is 264 Å². The topological polar surface area (TPSA) is 222 Å². The van der Waals surface area contributed by atoms with E-state index in [9.17, 15) is 89.2 Å². The molecule has 0 unspecified atom stereocenters. The number of non-ortho nitro benzene ring substituents is 3. The maximum absolute atomic E-state index is 14.8. The number of alkyl halides is 9. The fourth-order valence-corrected chi connectivity index (χ4v) is 13.4. The lowest BCUT2D eigenvalue weighted by molar-refractivity contribution is -0.385. The third-order valence-corrected chi connectivity index (χ3v) is 18.4. The molecule has 27 heteroatoms. The highest BCUT2D eigenvalue weighted by Crippen LogP contribution is 2.47. The lowest BCUT2D eigenvalue weighted by Crippen LogP contribution is -2.24. The van der Waals surface area contributed by atoms with E-state index in [1.54, 1.807) is 54.6 Å². The van der Waals surface area contributed by atoms with Crippen LogP contribution >= 0.6 is 25.9 Å². The number of hydrogen-bond acceptors (Lipinski definition) is 12. The lowest BCUT2D eigenvalue weighted by atomic mass is 10.1. The summed E-state index contributed by atoms with van der Waals surface area (Å²) < 4.78 is 158. The van der Waals surface area contributed by atoms with Gasteiger partial charge in [0.25, 0.3) is 17.1 Å². The van der Waals surface area contributed by atoms with Crippen LogP contribution in [0.1, 0.15) is 16.7 Å². The average molecular weight is 1220 g/mol. The van der Waals surface area contributed by atoms with E-state index in [1.807, 2.05) is 30.3 Å². The second kappa shape index (κ2) is 25.3. The molecule has 9 aromatic rings. The predicted octanol–water partition coefficient (Wildman–Crippen LogP) is 14.8. The number of benzene rings is 9. The van der Waals surface area contributed by atoms with Crippen molar-refractivity contribution in [3.63, 3.8) is 0 Å². The first-order chi connectivity index (χ1) is 39.5. The Bertz CT molecular complexity index is 3760. The van der Waals surface area contributed by atoms with Crippen molar-refractivity contribution in [2.45, 2.75) is 18.5 Å². The zero-order chi connectivity index (χ0) is 61.4. The van der Waals surface area contributed by atoms with Gasteiger partial charge in [-0.05, 0) is 115 Å². The smallest absolute Gasteiger partial charge is 0.420 e. The van der Waals surface area contributed by atoms with E-state index < -0.39 is 97.9 Å². The van der Waals surface area contributed by atoms with Gasteiger partial charge in [0.05, 0.1) is 25.4 Å². The number of rotatable bonds is 13. The van der Waals surface area contributed by atoms with Crippen molar-refractivity contribution in [1.29, 1.82) is 0 Å². The molecule has 15 nitrogen and oxygen atoms in total. The number of phenols is 2. The van der Waals surface area contributed by atoms with Crippen LogP contribution in [-0.2, 0) is 27.7 Å². The minimum Gasteiger partial charge on any atom is -0.508 e. The number of phenolic OH excluding ortho intramolecular Hbond substituents is 2. The highest BCUT2D eigenvalue weighted by Gasteiger charge is 2.39. The summed E-state index contributed by atoms with van der Waals surface area (Å²) >= 11 is 5.24. The van der Waals surface area contributed by atoms with Crippen molar-refractivity contribution in [3.8, 4) is 34.5 Å². The lowest BCUT2D eigenvalue weighted by Gasteiger charge is -2.21. The quantitative estimate of drug-likeness (QED) is 0.0476. The number of ether oxygens (including phenoxy) is 2. The van der Waals surface area contributed by atoms with Crippen molar-refractivity contribution in [2.75, 3.05) is 0 Å². The largest absolute Gasteiger partial charge is 0.508 e. The maximum atomic E-state index is 14.8. The first-order valence-electron chi connectivity index (χ1n) is 23.7. The van der Waals surface area contributed by atoms with Gasteiger partial charge < -0.3 is 28.8 Å². The van der Waals surface area contributed by atoms with Crippen LogP contribution in [0.25, 0.3) is 0 Å². The second-order valence-corrected chi connectivity index (χ2v) is 23.3. The van der Waals surface area contributed by atoms with E-state index >= 15 is 0 Å². The summed E-state index contributed by atoms with van der Waals surface area (Å²) in [5, 5.41) is 53.4. The average Bonchev–Trinajstić information content (AvgIpc) is 1.47. The molecule has 0 radical (unpaired) electrons. The van der Waals surface area contributed by atoms with Crippen LogP contribution < -0.4 is 41.3 Å². The fraction of sp³-hybridized carbons (Fsp3) is 0.0526. The molecule has 0 heterocycles. The molecule has 0 amide bonds. The Balaban J connectivity index is 0.000000229. The second-order valence-electron chi connectivity index (χ2n) is 17.4. The van der Waals surface area contributed by atoms with Crippen LogP contribution in [0.4, 0.5) is 56.6 Å². The van der Waals surface area contributed by atoms with Gasteiger partial charge in [0.2, 0.25) is 0 Å². The number of halogens is 10. The van der Waals surface area contributed by atoms with E-state index in [0.29, 0.717) is 39.4 Å². The van der Waals surface area contributed by atoms with Crippen LogP contribution in [0.15, 0.2) is 212 Å². The molecule has 0 saturated heterocycles. The molecule has 0 aliphatic rings. The van der Waals surface area contributed by atoms with Gasteiger partial charge >= 0.3 is 18.5 Å². The number of nitro groups is 3. The van der Waals surface area contributed by atoms with Gasteiger partial charge in [0.1, 0.15) is 45.6 Å². The van der Waals surface area contributed by atoms with Crippen molar-refractivity contribution in [1.82, 2.24) is 0 Å². The van der Waals surface area contributed by atoms with Gasteiger partial charge in [0.15, 0.2) is 14.3 Å². The summed E-state index contributed by atoms with van der Waals surface area (Å²) in [5.74, 6) is -1.30. The molecular formula is C57H37ClF9N3O12P2. The summed E-state index contributed by atoms with van der Waals surface area (Å²) in [7, 11) is -6.75. The summed E-state index contributed by atoms with van der Waals surface area (Å²) in [6.45, 7) is 0. The molecule has 0 fully saturated rings. The van der Waals surface area contributed by atoms with Crippen molar-refractivity contribution in [2.24, 2.45) is 0 Å². The Morgan fingerprint density at radius 2 is 0.631 bits per heavy atom. The van der Waals surface area contributed by atoms with Crippen molar-refractivity contribution >= 4 is 74.8 Å². The molecule has 9 aromatic carbocycles. The Kier molecular flexibility index (Phi) is 18.7. The van der Waals surface area contributed by atoms with Gasteiger partial charge in [0, 0.05) is 68.2 Å². The molecular weight excluding hydrogens is 1190 g/mol. The van der Waals surface area contributed by atoms with E-state index in [2.05, 4.69) is 0 Å². The Morgan fingerprint density at radius 1 is 0.369 bits per heavy atom. The Labute approximate surface area is 473 Å². The maximum Gasteiger partial charge on any atom is 0.420 e. The third-order valence-electron chi connectivity index (χ3n) is 11.9. The van der Waals surface area contributed by atoms with Crippen LogP contribution in [0.5, 0.6) is 34.5 Å². The summed E-state index contributed by atoms with van der Waals surface area (Å²) in [6, 6.07) is 47.1. The molecule has 84 heavy (non-hydrogen) atoms. The molecule has 0 atom stereocenters. The zero-order valence-electron chi connectivity index (χ0n) is 42.2. The first kappa shape index (κ1) is 62.1. The van der Waals surface area contributed by atoms with Crippen LogP contribution in [0.3, 0.4) is 0 Å². The number of nitro benzene ring substituents is 3. The SMILES string of the molecule is O=P(c1ccccc1)(c1ccc(O)cc1)c1ccc(O)cc1.O=[N+]([O-])c1ccc(Cl)c(C(F)(F)F)c1.O=[N+]([O-])c1ccc(Oc2ccc(P(=O)(c3ccccc3)c3ccc(Oc4ccc([N+](=O)[O-])cc4C(F)(F)F)cc3)cc2)c(C(F)(F)F)c1. The highest BCUT2D eigenvalue weighted by molar-refractivity contribution is 7.85. The summed E-state index contributed by atoms with van der Waals surface area (Å²) in [6.07, 6.45) is -14.6. The van der Waals surface area contributed by atoms with E-state index in [0.717, 1.165) is 36.4 Å². The fourth-order valence-electron chi connectivity index (χ4n) is 7.93. The van der Waals surface area contributed by atoms with Gasteiger partial charge in [-0.1, -0.05) is 72.3 Å². The third kappa shape index (κ3) is 14.6. The van der Waals surface area contributed by atoms with Gasteiger partial charge in [-0.25, -0.2) is 0 Å². The van der Waals surface area contributed by atoms with E-state index in [4.69, 9.17) is 21.1 Å². The van der Waals surface area contributed by atoms with Gasteiger partial charge in [-0.15, -0.1) is 0 Å². The molecule has 0 spiro atoms. The molecule has 2 N–H and O–H groups in total. The predicted molar refractivity (Wildman–Crippen MR) is 294 cm³/mol. The van der Waals surface area contributed by atoms with Gasteiger partial charge in [-0.2, -0.15) is 39.5 Å². The first-order valence-corrected chi connectivity index (χ1v) is 27.5. The molecule has 0 bridgehead atoms. The molecule has 0 aromatic heterocycles. The van der Waals surface area contributed by atoms with Crippen LogP contribution in [-0.4, -0.2) is 25.0 Å². The molecule has 0 aliphatic heterocycles. The highest BCUT2D eigenvalue weighted by atomic mass is 35.5. The number of aromatic hydroxyl groups is 2. The minimum atomic E-state index is -4.97. The monoisotopic (exact) mass is 1220 g/mol. The molecule has 432 valence electrons. The van der Waals surface area contributed by atoms with E-state index in [-0.39, 0.29) is 33.6 Å². The summed E-state index contributed by atoms with van der Waals surface area (Å²) in [5.41, 5.74) is -6.13. The van der Waals surface area contributed by atoms with E-state index in [1.165, 1.54) is 72.8 Å². The molecule has 0 saturated carbocycles. The Hall–Kier alpha value is -9.50. The number of nitrogens with zero attached hydrogens (tertiary/aromatic N) is 3. The molecule has 9 rings (SSSR count). The number of hydrogen-bond donors (Lipinski definition) is 2. The normalized spacial score (nSPS) is 11.7. The van der Waals surface area contributed by atoms with Crippen LogP contribution in [0.2, 0.25) is 5.02 Å². The summed E-state index contributed by atoms with van der Waals surface area (Å²) in [4.78, 5) is 29.3. The van der Waals surface area contributed by atoms with Crippen molar-refractivity contribution < 1.29 is 83.1 Å². The van der Waals surface area contributed by atoms with Crippen LogP contribution in [0, 0.1) is 30.3 Å². The standard InChI is InChI=1S/C32H19F6N2O7P.C18H15O3P.C7H3ClF3NO2/c33-31(34,35)27-18-20(39(41)42)6-16-29(27)46-22-8-12-25(13-9-22)48(45,24-4-2-1-3-5-24)26-14-10-23(11-15-26)47-30-17-7-21(40(43)44)19-28(30)32(36,37)38;19-14-6-10-17(11-7-14)22(21,16-4-2-1-3-5-16)18-12-8-15(20)9-13-18;8-6-2-1-4(12(13)14)3-5(6)7(9,10)11/h1-19H;1-13,19-20H;1-3H. The zero-order valence-corrected chi connectivity index (χ0v) is 44.7. The minimum absolute atomic E-state index is 0.0926. The molecule has 0 aliphatic carbocycles. The van der Waals surface area contributed by atoms with Gasteiger partial charge in [-0.3, -0.25) is 30.3 Å². The Morgan fingerprint density at radius 3 is 0.917 bits per heavy atom.